The van der Waals surface area contributed by atoms with E-state index in [9.17, 15) is 22.8 Å². The molecule has 0 spiro atoms. The van der Waals surface area contributed by atoms with E-state index >= 15 is 0 Å². The second-order valence-corrected chi connectivity index (χ2v) is 6.57. The molecule has 0 unspecified atom stereocenters. The first-order chi connectivity index (χ1) is 12.0. The van der Waals surface area contributed by atoms with Gasteiger partial charge in [0, 0.05) is 18.9 Å². The quantitative estimate of drug-likeness (QED) is 0.824. The van der Waals surface area contributed by atoms with Gasteiger partial charge in [-0.25, -0.2) is 0 Å². The number of carbonyl (C=O) groups excluding carboxylic acids is 1. The Hall–Kier alpha value is -2.57. The van der Waals surface area contributed by atoms with E-state index in [4.69, 9.17) is 0 Å². The maximum Gasteiger partial charge on any atom is 0.406 e. The SMILES string of the molecule is Cc1ccn(-c2cccc(C(C)C)c2)c(=O)c1C(=O)N(C)CC(F)(F)F. The Balaban J connectivity index is 2.51. The summed E-state index contributed by atoms with van der Waals surface area (Å²) < 4.78 is 39.0. The van der Waals surface area contributed by atoms with Crippen molar-refractivity contribution in [1.29, 1.82) is 0 Å². The summed E-state index contributed by atoms with van der Waals surface area (Å²) in [6.07, 6.45) is -3.00. The van der Waals surface area contributed by atoms with Crippen LogP contribution < -0.4 is 5.56 Å². The molecule has 7 heteroatoms. The first-order valence-electron chi connectivity index (χ1n) is 8.16. The van der Waals surface area contributed by atoms with Gasteiger partial charge in [0.05, 0.1) is 0 Å². The van der Waals surface area contributed by atoms with E-state index in [1.165, 1.54) is 17.7 Å². The maximum atomic E-state index is 12.8. The van der Waals surface area contributed by atoms with Crippen molar-refractivity contribution >= 4 is 5.91 Å². The zero-order valence-electron chi connectivity index (χ0n) is 15.1. The minimum Gasteiger partial charge on any atom is -0.332 e. The van der Waals surface area contributed by atoms with Crippen molar-refractivity contribution in [3.05, 3.63) is 63.6 Å². The first-order valence-corrected chi connectivity index (χ1v) is 8.16. The van der Waals surface area contributed by atoms with Gasteiger partial charge in [0.25, 0.3) is 11.5 Å². The fourth-order valence-corrected chi connectivity index (χ4v) is 2.66. The maximum absolute atomic E-state index is 12.8. The number of nitrogens with zero attached hydrogens (tertiary/aromatic N) is 2. The Morgan fingerprint density at radius 3 is 2.46 bits per heavy atom. The molecule has 1 aromatic carbocycles. The lowest BCUT2D eigenvalue weighted by atomic mass is 10.0. The van der Waals surface area contributed by atoms with Gasteiger partial charge in [0.15, 0.2) is 0 Å². The number of carbonyl (C=O) groups is 1. The number of halogens is 3. The second-order valence-electron chi connectivity index (χ2n) is 6.57. The van der Waals surface area contributed by atoms with E-state index in [-0.39, 0.29) is 11.5 Å². The molecule has 0 atom stereocenters. The van der Waals surface area contributed by atoms with Crippen molar-refractivity contribution in [2.24, 2.45) is 0 Å². The van der Waals surface area contributed by atoms with Crippen LogP contribution in [0.25, 0.3) is 5.69 Å². The summed E-state index contributed by atoms with van der Waals surface area (Å²) in [4.78, 5) is 25.8. The lowest BCUT2D eigenvalue weighted by Crippen LogP contribution is -2.39. The highest BCUT2D eigenvalue weighted by atomic mass is 19.4. The van der Waals surface area contributed by atoms with Crippen molar-refractivity contribution < 1.29 is 18.0 Å². The monoisotopic (exact) mass is 366 g/mol. The molecule has 1 heterocycles. The molecule has 0 saturated carbocycles. The zero-order valence-corrected chi connectivity index (χ0v) is 15.1. The Morgan fingerprint density at radius 1 is 1.23 bits per heavy atom. The average molecular weight is 366 g/mol. The summed E-state index contributed by atoms with van der Waals surface area (Å²) in [5, 5.41) is 0. The molecular weight excluding hydrogens is 345 g/mol. The number of amides is 1. The van der Waals surface area contributed by atoms with Gasteiger partial charge < -0.3 is 4.90 Å². The number of benzene rings is 1. The van der Waals surface area contributed by atoms with E-state index in [0.717, 1.165) is 12.6 Å². The molecule has 0 radical (unpaired) electrons. The summed E-state index contributed by atoms with van der Waals surface area (Å²) in [6.45, 7) is 4.14. The summed E-state index contributed by atoms with van der Waals surface area (Å²) in [5.41, 5.74) is 1.02. The number of aromatic nitrogens is 1. The van der Waals surface area contributed by atoms with E-state index in [1.807, 2.05) is 26.0 Å². The van der Waals surface area contributed by atoms with Crippen molar-refractivity contribution in [2.75, 3.05) is 13.6 Å². The first kappa shape index (κ1) is 19.8. The lowest BCUT2D eigenvalue weighted by Gasteiger charge is -2.20. The number of pyridine rings is 1. The van der Waals surface area contributed by atoms with Crippen LogP contribution in [-0.2, 0) is 0 Å². The average Bonchev–Trinajstić information content (AvgIpc) is 2.53. The normalized spacial score (nSPS) is 11.7. The summed E-state index contributed by atoms with van der Waals surface area (Å²) in [6, 6.07) is 8.83. The third-order valence-electron chi connectivity index (χ3n) is 4.09. The molecule has 0 aliphatic rings. The highest BCUT2D eigenvalue weighted by Gasteiger charge is 2.32. The van der Waals surface area contributed by atoms with Crippen LogP contribution in [0.15, 0.2) is 41.3 Å². The largest absolute Gasteiger partial charge is 0.406 e. The van der Waals surface area contributed by atoms with Gasteiger partial charge in [-0.05, 0) is 42.2 Å². The van der Waals surface area contributed by atoms with Crippen LogP contribution in [0.5, 0.6) is 0 Å². The third kappa shape index (κ3) is 4.33. The number of hydrogen-bond donors (Lipinski definition) is 0. The van der Waals surface area contributed by atoms with Crippen LogP contribution in [-0.4, -0.2) is 35.1 Å². The van der Waals surface area contributed by atoms with Crippen molar-refractivity contribution in [2.45, 2.75) is 32.9 Å². The topological polar surface area (TPSA) is 42.3 Å². The van der Waals surface area contributed by atoms with Gasteiger partial charge in [-0.15, -0.1) is 0 Å². The van der Waals surface area contributed by atoms with E-state index in [2.05, 4.69) is 0 Å². The fraction of sp³-hybridized carbons (Fsp3) is 0.368. The lowest BCUT2D eigenvalue weighted by molar-refractivity contribution is -0.138. The predicted molar refractivity (Wildman–Crippen MR) is 93.9 cm³/mol. The predicted octanol–water partition coefficient (Wildman–Crippen LogP) is 3.90. The van der Waals surface area contributed by atoms with Gasteiger partial charge in [-0.2, -0.15) is 13.2 Å². The number of rotatable bonds is 4. The highest BCUT2D eigenvalue weighted by Crippen LogP contribution is 2.19. The molecule has 0 N–H and O–H groups in total. The van der Waals surface area contributed by atoms with Crippen LogP contribution in [0.4, 0.5) is 13.2 Å². The Kier molecular flexibility index (Phi) is 5.59. The van der Waals surface area contributed by atoms with Crippen molar-refractivity contribution in [1.82, 2.24) is 9.47 Å². The summed E-state index contributed by atoms with van der Waals surface area (Å²) in [7, 11) is 1.03. The summed E-state index contributed by atoms with van der Waals surface area (Å²) in [5.74, 6) is -0.700. The molecule has 0 bridgehead atoms. The van der Waals surface area contributed by atoms with Gasteiger partial charge in [0.1, 0.15) is 12.1 Å². The highest BCUT2D eigenvalue weighted by molar-refractivity contribution is 5.95. The van der Waals surface area contributed by atoms with Gasteiger partial charge >= 0.3 is 6.18 Å². The zero-order chi connectivity index (χ0) is 19.6. The molecule has 0 saturated heterocycles. The molecule has 1 amide bonds. The van der Waals surface area contributed by atoms with Crippen molar-refractivity contribution in [3.8, 4) is 5.69 Å². The van der Waals surface area contributed by atoms with Gasteiger partial charge in [-0.1, -0.05) is 26.0 Å². The molecule has 26 heavy (non-hydrogen) atoms. The third-order valence-corrected chi connectivity index (χ3v) is 4.09. The molecular formula is C19H21F3N2O2. The molecule has 0 fully saturated rings. The molecule has 140 valence electrons. The van der Waals surface area contributed by atoms with Crippen molar-refractivity contribution in [3.63, 3.8) is 0 Å². The van der Waals surface area contributed by atoms with E-state index < -0.39 is 24.2 Å². The van der Waals surface area contributed by atoms with Crippen LogP contribution in [0.2, 0.25) is 0 Å². The minimum atomic E-state index is -4.53. The smallest absolute Gasteiger partial charge is 0.332 e. The van der Waals surface area contributed by atoms with Crippen LogP contribution >= 0.6 is 0 Å². The Labute approximate surface area is 149 Å². The fourth-order valence-electron chi connectivity index (χ4n) is 2.66. The van der Waals surface area contributed by atoms with E-state index in [1.54, 1.807) is 18.2 Å². The van der Waals surface area contributed by atoms with Gasteiger partial charge in [-0.3, -0.25) is 14.2 Å². The second kappa shape index (κ2) is 7.35. The van der Waals surface area contributed by atoms with Crippen LogP contribution in [0, 0.1) is 6.92 Å². The molecule has 2 rings (SSSR count). The molecule has 4 nitrogen and oxygen atoms in total. The molecule has 0 aliphatic carbocycles. The molecule has 1 aromatic heterocycles. The van der Waals surface area contributed by atoms with Gasteiger partial charge in [0.2, 0.25) is 0 Å². The standard InChI is InChI=1S/C19H21F3N2O2/c1-12(2)14-6-5-7-15(10-14)24-9-8-13(3)16(18(24)26)17(25)23(4)11-19(20,21)22/h5-10,12H,11H2,1-4H3. The van der Waals surface area contributed by atoms with Crippen LogP contribution in [0.1, 0.15) is 41.3 Å². The Bertz CT molecular complexity index is 870. The summed E-state index contributed by atoms with van der Waals surface area (Å²) >= 11 is 0. The number of alkyl halides is 3. The van der Waals surface area contributed by atoms with E-state index in [0.29, 0.717) is 16.2 Å². The Morgan fingerprint density at radius 2 is 1.88 bits per heavy atom. The number of hydrogen-bond acceptors (Lipinski definition) is 2. The minimum absolute atomic E-state index is 0.245. The van der Waals surface area contributed by atoms with Crippen LogP contribution in [0.3, 0.4) is 0 Å². The molecule has 2 aromatic rings. The molecule has 0 aliphatic heterocycles. The number of aryl methyl sites for hydroxylation is 1.